The van der Waals surface area contributed by atoms with Crippen LogP contribution in [0.15, 0.2) is 0 Å². The minimum absolute atomic E-state index is 0.172. The van der Waals surface area contributed by atoms with Crippen LogP contribution in [0.25, 0.3) is 0 Å². The Hall–Kier alpha value is -0.740. The Morgan fingerprint density at radius 2 is 1.83 bits per heavy atom. The quantitative estimate of drug-likeness (QED) is 0.576. The molecule has 4 N–H and O–H groups in total. The van der Waals surface area contributed by atoms with Crippen LogP contribution in [0.4, 0.5) is 0 Å². The highest BCUT2D eigenvalue weighted by molar-refractivity contribution is 7.86. The van der Waals surface area contributed by atoms with Crippen molar-refractivity contribution in [2.45, 2.75) is 12.0 Å². The molecule has 2 saturated heterocycles. The number of nitrogens with zero attached hydrogens (tertiary/aromatic N) is 2. The Balaban J connectivity index is 1.96. The third-order valence-electron chi connectivity index (χ3n) is 3.36. The van der Waals surface area contributed by atoms with Crippen LogP contribution in [0.5, 0.6) is 0 Å². The van der Waals surface area contributed by atoms with Crippen LogP contribution in [-0.2, 0) is 19.7 Å². The van der Waals surface area contributed by atoms with Gasteiger partial charge in [-0.3, -0.25) is 4.79 Å². The van der Waals surface area contributed by atoms with Crippen LogP contribution in [-0.4, -0.2) is 68.5 Å². The van der Waals surface area contributed by atoms with Crippen molar-refractivity contribution in [1.82, 2.24) is 9.21 Å². The number of nitrogens with two attached hydrogens (primary N) is 2. The van der Waals surface area contributed by atoms with E-state index >= 15 is 0 Å². The summed E-state index contributed by atoms with van der Waals surface area (Å²) in [5.74, 6) is -0.172. The summed E-state index contributed by atoms with van der Waals surface area (Å²) in [5.41, 5.74) is 5.03. The van der Waals surface area contributed by atoms with E-state index in [1.54, 1.807) is 4.90 Å². The molecular formula is C9H18N4O4S. The minimum Gasteiger partial charge on any atom is -0.379 e. The van der Waals surface area contributed by atoms with Crippen LogP contribution in [0.3, 0.4) is 0 Å². The summed E-state index contributed by atoms with van der Waals surface area (Å²) in [5, 5.41) is 5.03. The second-order valence-electron chi connectivity index (χ2n) is 4.69. The number of carbonyl (C=O) groups is 1. The zero-order chi connectivity index (χ0) is 13.4. The summed E-state index contributed by atoms with van der Waals surface area (Å²) < 4.78 is 28.6. The van der Waals surface area contributed by atoms with Gasteiger partial charge >= 0.3 is 0 Å². The maximum atomic E-state index is 12.2. The molecule has 18 heavy (non-hydrogen) atoms. The SMILES string of the molecule is NC1(C(=O)N2CCN(S(N)(=O)=O)CC2)CCOC1. The fourth-order valence-corrected chi connectivity index (χ4v) is 2.88. The molecule has 1 atom stereocenters. The minimum atomic E-state index is -3.67. The lowest BCUT2D eigenvalue weighted by atomic mass is 9.98. The lowest BCUT2D eigenvalue weighted by molar-refractivity contribution is -0.138. The molecule has 2 aliphatic heterocycles. The molecule has 0 spiro atoms. The van der Waals surface area contributed by atoms with Crippen molar-refractivity contribution < 1.29 is 17.9 Å². The first-order valence-corrected chi connectivity index (χ1v) is 7.27. The second kappa shape index (κ2) is 4.74. The monoisotopic (exact) mass is 278 g/mol. The van der Waals surface area contributed by atoms with E-state index in [1.807, 2.05) is 0 Å². The third-order valence-corrected chi connectivity index (χ3v) is 4.45. The number of amides is 1. The maximum Gasteiger partial charge on any atom is 0.277 e. The Morgan fingerprint density at radius 1 is 1.22 bits per heavy atom. The summed E-state index contributed by atoms with van der Waals surface area (Å²) in [6.07, 6.45) is 0.501. The Bertz CT molecular complexity index is 424. The average molecular weight is 278 g/mol. The number of hydrogen-bond acceptors (Lipinski definition) is 5. The topological polar surface area (TPSA) is 119 Å². The molecule has 0 radical (unpaired) electrons. The van der Waals surface area contributed by atoms with Crippen molar-refractivity contribution in [2.24, 2.45) is 10.9 Å². The van der Waals surface area contributed by atoms with Gasteiger partial charge in [0.1, 0.15) is 5.54 Å². The van der Waals surface area contributed by atoms with Gasteiger partial charge in [-0.1, -0.05) is 0 Å². The van der Waals surface area contributed by atoms with Crippen LogP contribution in [0.1, 0.15) is 6.42 Å². The maximum absolute atomic E-state index is 12.2. The normalized spacial score (nSPS) is 30.7. The summed E-state index contributed by atoms with van der Waals surface area (Å²) in [4.78, 5) is 13.8. The first kappa shape index (κ1) is 13.7. The number of rotatable bonds is 2. The van der Waals surface area contributed by atoms with Crippen molar-refractivity contribution in [3.05, 3.63) is 0 Å². The Morgan fingerprint density at radius 3 is 2.28 bits per heavy atom. The molecule has 2 heterocycles. The first-order valence-electron chi connectivity index (χ1n) is 5.77. The molecule has 2 fully saturated rings. The molecule has 0 aromatic rings. The van der Waals surface area contributed by atoms with Gasteiger partial charge in [0.05, 0.1) is 6.61 Å². The van der Waals surface area contributed by atoms with Crippen LogP contribution >= 0.6 is 0 Å². The Labute approximate surface area is 106 Å². The smallest absolute Gasteiger partial charge is 0.277 e. The fourth-order valence-electron chi connectivity index (χ4n) is 2.21. The third kappa shape index (κ3) is 2.64. The molecule has 0 aliphatic carbocycles. The van der Waals surface area contributed by atoms with E-state index in [2.05, 4.69) is 0 Å². The number of piperazine rings is 1. The van der Waals surface area contributed by atoms with Gasteiger partial charge in [0.2, 0.25) is 5.91 Å². The fraction of sp³-hybridized carbons (Fsp3) is 0.889. The summed E-state index contributed by atoms with van der Waals surface area (Å²) >= 11 is 0. The lowest BCUT2D eigenvalue weighted by Crippen LogP contribution is -2.60. The summed E-state index contributed by atoms with van der Waals surface area (Å²) in [7, 11) is -3.67. The van der Waals surface area contributed by atoms with Crippen molar-refractivity contribution >= 4 is 16.1 Å². The standard InChI is InChI=1S/C9H18N4O4S/c10-9(1-6-17-7-9)8(14)12-2-4-13(5-3-12)18(11,15)16/h1-7,10H2,(H2,11,15,16). The summed E-state index contributed by atoms with van der Waals surface area (Å²) in [6.45, 7) is 1.76. The van der Waals surface area contributed by atoms with E-state index in [-0.39, 0.29) is 25.6 Å². The van der Waals surface area contributed by atoms with Gasteiger partial charge in [-0.2, -0.15) is 12.7 Å². The zero-order valence-electron chi connectivity index (χ0n) is 10.0. The van der Waals surface area contributed by atoms with Crippen molar-refractivity contribution in [1.29, 1.82) is 0 Å². The predicted octanol–water partition coefficient (Wildman–Crippen LogP) is -2.55. The van der Waals surface area contributed by atoms with Gasteiger partial charge in [0.25, 0.3) is 10.2 Å². The molecule has 2 rings (SSSR count). The van der Waals surface area contributed by atoms with E-state index in [1.165, 1.54) is 0 Å². The lowest BCUT2D eigenvalue weighted by Gasteiger charge is -2.36. The molecule has 1 amide bonds. The molecule has 2 aliphatic rings. The van der Waals surface area contributed by atoms with Crippen molar-refractivity contribution in [2.75, 3.05) is 39.4 Å². The van der Waals surface area contributed by atoms with Crippen LogP contribution in [0, 0.1) is 0 Å². The zero-order valence-corrected chi connectivity index (χ0v) is 10.9. The van der Waals surface area contributed by atoms with E-state index in [9.17, 15) is 13.2 Å². The second-order valence-corrected chi connectivity index (χ2v) is 6.24. The summed E-state index contributed by atoms with van der Waals surface area (Å²) in [6, 6.07) is 0. The van der Waals surface area contributed by atoms with Gasteiger partial charge in [-0.15, -0.1) is 0 Å². The molecule has 0 aromatic carbocycles. The van der Waals surface area contributed by atoms with Gasteiger partial charge in [0.15, 0.2) is 0 Å². The van der Waals surface area contributed by atoms with Gasteiger partial charge in [-0.25, -0.2) is 5.14 Å². The number of carbonyl (C=O) groups excluding carboxylic acids is 1. The molecule has 0 saturated carbocycles. The highest BCUT2D eigenvalue weighted by atomic mass is 32.2. The molecular weight excluding hydrogens is 260 g/mol. The molecule has 9 heteroatoms. The molecule has 0 aromatic heterocycles. The largest absolute Gasteiger partial charge is 0.379 e. The number of hydrogen-bond donors (Lipinski definition) is 2. The van der Waals surface area contributed by atoms with Gasteiger partial charge < -0.3 is 15.4 Å². The molecule has 0 bridgehead atoms. The van der Waals surface area contributed by atoms with Gasteiger partial charge in [0, 0.05) is 32.8 Å². The van der Waals surface area contributed by atoms with Crippen molar-refractivity contribution in [3.63, 3.8) is 0 Å². The van der Waals surface area contributed by atoms with Gasteiger partial charge in [-0.05, 0) is 6.42 Å². The van der Waals surface area contributed by atoms with E-state index in [0.29, 0.717) is 26.1 Å². The molecule has 1 unspecified atom stereocenters. The van der Waals surface area contributed by atoms with Crippen molar-refractivity contribution in [3.8, 4) is 0 Å². The number of ether oxygens (including phenoxy) is 1. The predicted molar refractivity (Wildman–Crippen MR) is 63.6 cm³/mol. The molecule has 8 nitrogen and oxygen atoms in total. The highest BCUT2D eigenvalue weighted by Gasteiger charge is 2.42. The Kier molecular flexibility index (Phi) is 3.60. The average Bonchev–Trinajstić information content (AvgIpc) is 2.75. The van der Waals surface area contributed by atoms with E-state index < -0.39 is 15.7 Å². The van der Waals surface area contributed by atoms with E-state index in [0.717, 1.165) is 4.31 Å². The molecule has 104 valence electrons. The van der Waals surface area contributed by atoms with Crippen LogP contribution in [0.2, 0.25) is 0 Å². The highest BCUT2D eigenvalue weighted by Crippen LogP contribution is 2.19. The van der Waals surface area contributed by atoms with Crippen LogP contribution < -0.4 is 10.9 Å². The van der Waals surface area contributed by atoms with E-state index in [4.69, 9.17) is 15.6 Å². The first-order chi connectivity index (χ1) is 8.33.